The Morgan fingerprint density at radius 3 is 2.34 bits per heavy atom. The van der Waals surface area contributed by atoms with Crippen molar-refractivity contribution in [3.8, 4) is 0 Å². The molecule has 13 nitrogen and oxygen atoms in total. The minimum absolute atomic E-state index is 0.0760. The van der Waals surface area contributed by atoms with Crippen LogP contribution in [0.2, 0.25) is 0 Å². The number of aliphatic hydroxyl groups is 1. The predicted molar refractivity (Wildman–Crippen MR) is 222 cm³/mol. The van der Waals surface area contributed by atoms with E-state index >= 15 is 0 Å². The van der Waals surface area contributed by atoms with E-state index in [0.717, 1.165) is 104 Å². The molecule has 2 aromatic heterocycles. The number of nitrogens with one attached hydrogen (secondary N) is 3. The molecule has 61 heavy (non-hydrogen) atoms. The van der Waals surface area contributed by atoms with Crippen LogP contribution >= 0.6 is 11.3 Å². The molecule has 1 aliphatic carbocycles. The first-order chi connectivity index (χ1) is 29.0. The minimum atomic E-state index is -4.69. The summed E-state index contributed by atoms with van der Waals surface area (Å²) < 4.78 is 40.6. The number of nitrogens with zero attached hydrogens (tertiary/aromatic N) is 4. The van der Waals surface area contributed by atoms with Gasteiger partial charge in [0.2, 0.25) is 11.8 Å². The zero-order valence-electron chi connectivity index (χ0n) is 33.9. The number of aromatic nitrogens is 2. The first-order valence-corrected chi connectivity index (χ1v) is 21.7. The molecule has 8 rings (SSSR count). The molecule has 3 fully saturated rings. The molecule has 1 unspecified atom stereocenters. The number of rotatable bonds is 11. The number of anilines is 2. The van der Waals surface area contributed by atoms with Crippen LogP contribution in [-0.4, -0.2) is 86.6 Å². The van der Waals surface area contributed by atoms with Crippen LogP contribution in [0.3, 0.4) is 0 Å². The number of alkyl halides is 3. The lowest BCUT2D eigenvalue weighted by Gasteiger charge is -2.36. The number of hydrogen-bond donors (Lipinski definition) is 4. The van der Waals surface area contributed by atoms with Crippen LogP contribution in [0.25, 0.3) is 10.2 Å². The third-order valence-corrected chi connectivity index (χ3v) is 13.6. The van der Waals surface area contributed by atoms with Crippen molar-refractivity contribution in [2.45, 2.75) is 95.4 Å². The van der Waals surface area contributed by atoms with Crippen LogP contribution in [0.4, 0.5) is 24.5 Å². The van der Waals surface area contributed by atoms with Crippen LogP contribution in [0.15, 0.2) is 48.5 Å². The highest BCUT2D eigenvalue weighted by molar-refractivity contribution is 7.18. The average molecular weight is 860 g/mol. The number of hydrogen-bond acceptors (Lipinski definition) is 11. The number of fused-ring (bicyclic) bond motifs is 2. The number of thiazole rings is 1. The van der Waals surface area contributed by atoms with E-state index in [1.807, 2.05) is 0 Å². The highest BCUT2D eigenvalue weighted by atomic mass is 32.1. The van der Waals surface area contributed by atoms with Gasteiger partial charge in [0.25, 0.3) is 17.7 Å². The number of carbonyl (C=O) groups excluding carboxylic acids is 5. The van der Waals surface area contributed by atoms with Gasteiger partial charge in [0.05, 0.1) is 32.0 Å². The van der Waals surface area contributed by atoms with Crippen molar-refractivity contribution in [3.05, 3.63) is 81.6 Å². The van der Waals surface area contributed by atoms with Gasteiger partial charge >= 0.3 is 6.18 Å². The van der Waals surface area contributed by atoms with E-state index in [1.165, 1.54) is 6.07 Å². The number of amides is 5. The molecule has 4 N–H and O–H groups in total. The fourth-order valence-electron chi connectivity index (χ4n) is 9.10. The summed E-state index contributed by atoms with van der Waals surface area (Å²) in [5.41, 5.74) is -0.252. The molecule has 4 aliphatic rings. The first-order valence-electron chi connectivity index (χ1n) is 20.9. The van der Waals surface area contributed by atoms with Gasteiger partial charge in [-0.05, 0) is 133 Å². The Labute approximate surface area is 354 Å². The van der Waals surface area contributed by atoms with E-state index in [1.54, 1.807) is 55.5 Å². The Morgan fingerprint density at radius 2 is 1.64 bits per heavy atom. The van der Waals surface area contributed by atoms with E-state index in [0.29, 0.717) is 34.5 Å². The summed E-state index contributed by atoms with van der Waals surface area (Å²) >= 11 is 1.54. The molecule has 17 heteroatoms. The monoisotopic (exact) mass is 859 g/mol. The number of carbonyl (C=O) groups is 5. The van der Waals surface area contributed by atoms with Gasteiger partial charge in [-0.15, -0.1) is 11.3 Å². The Kier molecular flexibility index (Phi) is 11.8. The molecule has 4 aromatic rings. The van der Waals surface area contributed by atoms with Gasteiger partial charge in [-0.25, -0.2) is 9.97 Å². The summed E-state index contributed by atoms with van der Waals surface area (Å²) in [6.07, 6.45) is 2.88. The van der Waals surface area contributed by atoms with Crippen LogP contribution in [0.5, 0.6) is 0 Å². The maximum Gasteiger partial charge on any atom is 0.433 e. The summed E-state index contributed by atoms with van der Waals surface area (Å²) in [6.45, 7) is 7.03. The minimum Gasteiger partial charge on any atom is -0.386 e. The van der Waals surface area contributed by atoms with Gasteiger partial charge < -0.3 is 20.6 Å². The zero-order chi connectivity index (χ0) is 43.2. The number of benzene rings is 2. The second kappa shape index (κ2) is 16.9. The predicted octanol–water partition coefficient (Wildman–Crippen LogP) is 7.08. The summed E-state index contributed by atoms with van der Waals surface area (Å²) in [6, 6.07) is 10.7. The Morgan fingerprint density at radius 1 is 0.902 bits per heavy atom. The Hall–Kier alpha value is -5.26. The third kappa shape index (κ3) is 9.19. The summed E-state index contributed by atoms with van der Waals surface area (Å²) in [5.74, 6) is -1.42. The first kappa shape index (κ1) is 42.4. The Balaban J connectivity index is 0.798. The lowest BCUT2D eigenvalue weighted by molar-refractivity contribution is -0.141. The number of pyridine rings is 1. The third-order valence-electron chi connectivity index (χ3n) is 12.5. The molecular weight excluding hydrogens is 812 g/mol. The quantitative estimate of drug-likeness (QED) is 0.114. The Bertz CT molecular complexity index is 2380. The fourth-order valence-corrected chi connectivity index (χ4v) is 10.3. The van der Waals surface area contributed by atoms with Crippen molar-refractivity contribution in [1.82, 2.24) is 25.1 Å². The average Bonchev–Trinajstić information content (AvgIpc) is 3.75. The fraction of sp³-hybridized carbons (Fsp3) is 0.477. The molecule has 0 bridgehead atoms. The normalized spacial score (nSPS) is 21.8. The maximum atomic E-state index is 13.3. The number of piperidine rings is 2. The SMILES string of the molecule is CC(C)(O)c1cc2nc(C3CCC(CN4CCC(CCNc5ccc6c(c5)C(=O)N(C5CCC(=O)NC5=O)C6=O)CC4)CC3)sc2cc1NC(=O)c1cccc(C(F)(F)F)n1. The molecule has 3 aliphatic heterocycles. The van der Waals surface area contributed by atoms with E-state index in [4.69, 9.17) is 4.98 Å². The molecule has 0 spiro atoms. The van der Waals surface area contributed by atoms with Gasteiger partial charge in [0, 0.05) is 42.4 Å². The van der Waals surface area contributed by atoms with Crippen LogP contribution in [-0.2, 0) is 21.4 Å². The molecule has 0 radical (unpaired) electrons. The maximum absolute atomic E-state index is 13.3. The highest BCUT2D eigenvalue weighted by Crippen LogP contribution is 2.42. The van der Waals surface area contributed by atoms with Gasteiger partial charge in [0.1, 0.15) is 17.4 Å². The molecule has 322 valence electrons. The van der Waals surface area contributed by atoms with E-state index in [2.05, 4.69) is 25.8 Å². The molecule has 2 aromatic carbocycles. The van der Waals surface area contributed by atoms with Crippen molar-refractivity contribution in [3.63, 3.8) is 0 Å². The molecular formula is C44H48F3N7O6S. The summed E-state index contributed by atoms with van der Waals surface area (Å²) in [5, 5.41) is 20.3. The van der Waals surface area contributed by atoms with Crippen molar-refractivity contribution in [1.29, 1.82) is 0 Å². The van der Waals surface area contributed by atoms with E-state index < -0.39 is 53.0 Å². The van der Waals surface area contributed by atoms with Crippen molar-refractivity contribution in [2.24, 2.45) is 11.8 Å². The number of halogens is 3. The van der Waals surface area contributed by atoms with E-state index in [-0.39, 0.29) is 29.7 Å². The van der Waals surface area contributed by atoms with Gasteiger partial charge in [-0.3, -0.25) is 34.2 Å². The topological polar surface area (TPSA) is 174 Å². The molecule has 1 saturated carbocycles. The van der Waals surface area contributed by atoms with Crippen molar-refractivity contribution >= 4 is 62.5 Å². The number of likely N-dealkylation sites (tertiary alicyclic amines) is 1. The summed E-state index contributed by atoms with van der Waals surface area (Å²) in [7, 11) is 0. The smallest absolute Gasteiger partial charge is 0.386 e. The van der Waals surface area contributed by atoms with Crippen molar-refractivity contribution < 1.29 is 42.3 Å². The second-order valence-electron chi connectivity index (χ2n) is 17.2. The van der Waals surface area contributed by atoms with Gasteiger partial charge in [0.15, 0.2) is 0 Å². The zero-order valence-corrected chi connectivity index (χ0v) is 34.8. The van der Waals surface area contributed by atoms with Crippen molar-refractivity contribution in [2.75, 3.05) is 36.8 Å². The molecule has 2 saturated heterocycles. The van der Waals surface area contributed by atoms with Gasteiger partial charge in [-0.1, -0.05) is 6.07 Å². The molecule has 5 amide bonds. The van der Waals surface area contributed by atoms with Crippen LogP contribution in [0.1, 0.15) is 125 Å². The van der Waals surface area contributed by atoms with Gasteiger partial charge in [-0.2, -0.15) is 13.2 Å². The van der Waals surface area contributed by atoms with Crippen LogP contribution < -0.4 is 16.0 Å². The lowest BCUT2D eigenvalue weighted by atomic mass is 9.81. The molecule has 5 heterocycles. The molecule has 1 atom stereocenters. The lowest BCUT2D eigenvalue weighted by Crippen LogP contribution is -2.54. The standard InChI is InChI=1S/C44H48F3N7O6S/c1-43(2,60)30-21-33-35(22-32(30)50-38(56)31-4-3-5-36(49-31)44(45,46)47)61-40(51-33)26-8-6-25(7-9-26)23-53-18-15-24(16-19-53)14-17-48-27-10-11-28-29(20-27)42(59)54(41(28)58)34-12-13-37(55)52-39(34)57/h3-5,10-11,20-22,24-26,34,48,60H,6-9,12-19,23H2,1-2H3,(H,50,56)(H,52,55,57). The number of imide groups is 2. The summed E-state index contributed by atoms with van der Waals surface area (Å²) in [4.78, 5) is 75.3. The second-order valence-corrected chi connectivity index (χ2v) is 18.3. The van der Waals surface area contributed by atoms with Crippen LogP contribution in [0, 0.1) is 11.8 Å². The highest BCUT2D eigenvalue weighted by Gasteiger charge is 2.44. The van der Waals surface area contributed by atoms with E-state index in [9.17, 15) is 42.3 Å². The largest absolute Gasteiger partial charge is 0.433 e.